The van der Waals surface area contributed by atoms with Crippen molar-refractivity contribution in [1.82, 2.24) is 20.2 Å². The minimum atomic E-state index is -0.168. The summed E-state index contributed by atoms with van der Waals surface area (Å²) in [5, 5.41) is 8.92. The second-order valence-electron chi connectivity index (χ2n) is 4.09. The molecular formula is C13H15N5OS. The third-order valence-corrected chi connectivity index (χ3v) is 3.38. The van der Waals surface area contributed by atoms with Gasteiger partial charge in [0.25, 0.3) is 0 Å². The van der Waals surface area contributed by atoms with Crippen molar-refractivity contribution in [3.8, 4) is 0 Å². The molecule has 0 fully saturated rings. The first-order chi connectivity index (χ1) is 9.65. The van der Waals surface area contributed by atoms with Crippen LogP contribution in [0.15, 0.2) is 40.7 Å². The zero-order valence-corrected chi connectivity index (χ0v) is 12.1. The number of nitrogens with one attached hydrogen (secondary N) is 1. The Morgan fingerprint density at radius 3 is 3.05 bits per heavy atom. The summed E-state index contributed by atoms with van der Waals surface area (Å²) < 4.78 is 1.70. The Hall–Kier alpha value is -2.15. The van der Waals surface area contributed by atoms with Crippen LogP contribution in [0.3, 0.4) is 0 Å². The summed E-state index contributed by atoms with van der Waals surface area (Å²) in [6, 6.07) is 5.58. The Kier molecular flexibility index (Phi) is 4.89. The Labute approximate surface area is 121 Å². The number of hydrogen-bond donors (Lipinski definition) is 1. The molecule has 0 saturated carbocycles. The Morgan fingerprint density at radius 1 is 1.55 bits per heavy atom. The van der Waals surface area contributed by atoms with E-state index < -0.39 is 0 Å². The standard InChI is InChI=1S/C13H15N5OS/c1-10-11(8-18(2)17-10)7-15-16-12(19)9-20-13-5-3-4-6-14-13/h3-8H,9H2,1-2H3,(H,16,19)/b15-7-. The first-order valence-corrected chi connectivity index (χ1v) is 6.99. The van der Waals surface area contributed by atoms with E-state index in [1.54, 1.807) is 17.1 Å². The normalized spacial score (nSPS) is 10.9. The van der Waals surface area contributed by atoms with Crippen LogP contribution in [-0.4, -0.2) is 32.6 Å². The predicted octanol–water partition coefficient (Wildman–Crippen LogP) is 1.37. The van der Waals surface area contributed by atoms with Gasteiger partial charge in [-0.15, -0.1) is 0 Å². The van der Waals surface area contributed by atoms with Crippen LogP contribution < -0.4 is 5.43 Å². The lowest BCUT2D eigenvalue weighted by atomic mass is 10.3. The summed E-state index contributed by atoms with van der Waals surface area (Å²) in [5.74, 6) is 0.110. The Balaban J connectivity index is 1.79. The van der Waals surface area contributed by atoms with E-state index in [0.717, 1.165) is 16.3 Å². The van der Waals surface area contributed by atoms with Crippen LogP contribution in [-0.2, 0) is 11.8 Å². The van der Waals surface area contributed by atoms with Gasteiger partial charge in [-0.25, -0.2) is 10.4 Å². The lowest BCUT2D eigenvalue weighted by molar-refractivity contribution is -0.118. The second-order valence-corrected chi connectivity index (χ2v) is 5.09. The molecule has 0 radical (unpaired) electrons. The van der Waals surface area contributed by atoms with Crippen LogP contribution in [0, 0.1) is 6.92 Å². The van der Waals surface area contributed by atoms with Crippen LogP contribution in [0.2, 0.25) is 0 Å². The van der Waals surface area contributed by atoms with Gasteiger partial charge < -0.3 is 0 Å². The van der Waals surface area contributed by atoms with Crippen molar-refractivity contribution in [1.29, 1.82) is 0 Å². The van der Waals surface area contributed by atoms with Gasteiger partial charge >= 0.3 is 0 Å². The quantitative estimate of drug-likeness (QED) is 0.512. The maximum atomic E-state index is 11.6. The summed E-state index contributed by atoms with van der Waals surface area (Å²) >= 11 is 1.37. The number of hydrogen-bond acceptors (Lipinski definition) is 5. The molecule has 0 aliphatic rings. The molecule has 104 valence electrons. The highest BCUT2D eigenvalue weighted by molar-refractivity contribution is 7.99. The van der Waals surface area contributed by atoms with Crippen LogP contribution in [0.4, 0.5) is 0 Å². The third-order valence-electron chi connectivity index (χ3n) is 2.43. The summed E-state index contributed by atoms with van der Waals surface area (Å²) in [7, 11) is 1.84. The maximum absolute atomic E-state index is 11.6. The molecule has 0 unspecified atom stereocenters. The Morgan fingerprint density at radius 2 is 2.40 bits per heavy atom. The average Bonchev–Trinajstić information content (AvgIpc) is 2.76. The minimum Gasteiger partial charge on any atom is -0.275 e. The summed E-state index contributed by atoms with van der Waals surface area (Å²) in [4.78, 5) is 15.7. The van der Waals surface area contributed by atoms with Gasteiger partial charge in [0.05, 0.1) is 22.7 Å². The molecule has 2 heterocycles. The number of nitrogens with zero attached hydrogens (tertiary/aromatic N) is 4. The van der Waals surface area contributed by atoms with Gasteiger partial charge in [-0.1, -0.05) is 17.8 Å². The number of amides is 1. The van der Waals surface area contributed by atoms with Gasteiger partial charge in [0.2, 0.25) is 5.91 Å². The van der Waals surface area contributed by atoms with Crippen LogP contribution in [0.1, 0.15) is 11.3 Å². The van der Waals surface area contributed by atoms with E-state index in [-0.39, 0.29) is 11.7 Å². The van der Waals surface area contributed by atoms with Crippen LogP contribution in [0.25, 0.3) is 0 Å². The van der Waals surface area contributed by atoms with Crippen molar-refractivity contribution in [3.63, 3.8) is 0 Å². The van der Waals surface area contributed by atoms with Crippen molar-refractivity contribution in [2.45, 2.75) is 11.9 Å². The molecule has 0 aliphatic heterocycles. The molecule has 0 bridgehead atoms. The average molecular weight is 289 g/mol. The highest BCUT2D eigenvalue weighted by Crippen LogP contribution is 2.12. The largest absolute Gasteiger partial charge is 0.275 e. The number of hydrazone groups is 1. The summed E-state index contributed by atoms with van der Waals surface area (Å²) in [6.45, 7) is 1.89. The van der Waals surface area contributed by atoms with Crippen molar-refractivity contribution in [2.75, 3.05) is 5.75 Å². The fourth-order valence-electron chi connectivity index (χ4n) is 1.52. The van der Waals surface area contributed by atoms with Gasteiger partial charge in [0.1, 0.15) is 0 Å². The van der Waals surface area contributed by atoms with Crippen molar-refractivity contribution < 1.29 is 4.79 Å². The number of carbonyl (C=O) groups excluding carboxylic acids is 1. The highest BCUT2D eigenvalue weighted by atomic mass is 32.2. The number of thioether (sulfide) groups is 1. The molecule has 0 saturated heterocycles. The van der Waals surface area contributed by atoms with E-state index in [1.807, 2.05) is 38.4 Å². The molecule has 0 atom stereocenters. The van der Waals surface area contributed by atoms with E-state index in [4.69, 9.17) is 0 Å². The number of aromatic nitrogens is 3. The van der Waals surface area contributed by atoms with E-state index in [1.165, 1.54) is 11.8 Å². The zero-order chi connectivity index (χ0) is 14.4. The topological polar surface area (TPSA) is 72.2 Å². The monoisotopic (exact) mass is 289 g/mol. The van der Waals surface area contributed by atoms with E-state index in [9.17, 15) is 4.79 Å². The third kappa shape index (κ3) is 4.20. The van der Waals surface area contributed by atoms with Crippen LogP contribution >= 0.6 is 11.8 Å². The molecule has 2 rings (SSSR count). The number of pyridine rings is 1. The molecule has 2 aromatic heterocycles. The number of aryl methyl sites for hydroxylation is 2. The molecule has 0 aromatic carbocycles. The smallest absolute Gasteiger partial charge is 0.250 e. The molecule has 6 nitrogen and oxygen atoms in total. The molecule has 1 amide bonds. The van der Waals surface area contributed by atoms with Crippen molar-refractivity contribution in [3.05, 3.63) is 41.9 Å². The van der Waals surface area contributed by atoms with Gasteiger partial charge in [-0.05, 0) is 19.1 Å². The van der Waals surface area contributed by atoms with Crippen LogP contribution in [0.5, 0.6) is 0 Å². The van der Waals surface area contributed by atoms with Crippen molar-refractivity contribution in [2.24, 2.45) is 12.1 Å². The lowest BCUT2D eigenvalue weighted by Gasteiger charge is -1.99. The Bertz CT molecular complexity index is 608. The number of rotatable bonds is 5. The van der Waals surface area contributed by atoms with Gasteiger partial charge in [0, 0.05) is 25.0 Å². The first kappa shape index (κ1) is 14.3. The molecule has 0 spiro atoms. The zero-order valence-electron chi connectivity index (χ0n) is 11.3. The maximum Gasteiger partial charge on any atom is 0.250 e. The van der Waals surface area contributed by atoms with E-state index in [2.05, 4.69) is 20.6 Å². The summed E-state index contributed by atoms with van der Waals surface area (Å²) in [6.07, 6.45) is 5.13. The SMILES string of the molecule is Cc1nn(C)cc1/C=N\NC(=O)CSc1ccccn1. The molecule has 0 aliphatic carbocycles. The van der Waals surface area contributed by atoms with E-state index in [0.29, 0.717) is 0 Å². The van der Waals surface area contributed by atoms with E-state index >= 15 is 0 Å². The fourth-order valence-corrected chi connectivity index (χ4v) is 2.18. The number of carbonyl (C=O) groups is 1. The lowest BCUT2D eigenvalue weighted by Crippen LogP contribution is -2.19. The molecule has 7 heteroatoms. The van der Waals surface area contributed by atoms with Gasteiger partial charge in [-0.2, -0.15) is 10.2 Å². The predicted molar refractivity (Wildman–Crippen MR) is 78.6 cm³/mol. The molecule has 20 heavy (non-hydrogen) atoms. The molecule has 1 N–H and O–H groups in total. The molecular weight excluding hydrogens is 274 g/mol. The van der Waals surface area contributed by atoms with Gasteiger partial charge in [0.15, 0.2) is 0 Å². The summed E-state index contributed by atoms with van der Waals surface area (Å²) in [5.41, 5.74) is 4.23. The fraction of sp³-hybridized carbons (Fsp3) is 0.231. The second kappa shape index (κ2) is 6.85. The van der Waals surface area contributed by atoms with Gasteiger partial charge in [-0.3, -0.25) is 9.48 Å². The first-order valence-electron chi connectivity index (χ1n) is 6.01. The highest BCUT2D eigenvalue weighted by Gasteiger charge is 2.03. The minimum absolute atomic E-state index is 0.168. The van der Waals surface area contributed by atoms with Crippen molar-refractivity contribution >= 4 is 23.9 Å². The molecule has 2 aromatic rings.